The number of rotatable bonds is 6. The molecule has 0 amide bonds. The van der Waals surface area contributed by atoms with E-state index in [4.69, 9.17) is 4.74 Å². The van der Waals surface area contributed by atoms with Gasteiger partial charge in [0.25, 0.3) is 0 Å². The molecular formula is C13H18BrNO4S. The monoisotopic (exact) mass is 363 g/mol. The number of benzene rings is 1. The summed E-state index contributed by atoms with van der Waals surface area (Å²) >= 11 is 3.29. The molecule has 1 aromatic rings. The summed E-state index contributed by atoms with van der Waals surface area (Å²) in [4.78, 5) is 11.7. The van der Waals surface area contributed by atoms with E-state index in [9.17, 15) is 13.2 Å². The molecular weight excluding hydrogens is 346 g/mol. The van der Waals surface area contributed by atoms with E-state index < -0.39 is 16.0 Å². The highest BCUT2D eigenvalue weighted by Gasteiger charge is 2.24. The lowest BCUT2D eigenvalue weighted by atomic mass is 10.3. The zero-order valence-corrected chi connectivity index (χ0v) is 14.1. The fraction of sp³-hybridized carbons (Fsp3) is 0.462. The Balaban J connectivity index is 3.07. The van der Waals surface area contributed by atoms with Gasteiger partial charge in [0.1, 0.15) is 6.54 Å². The predicted molar refractivity (Wildman–Crippen MR) is 82.2 cm³/mol. The molecule has 0 bridgehead atoms. The van der Waals surface area contributed by atoms with Gasteiger partial charge in [-0.05, 0) is 39.0 Å². The second kappa shape index (κ2) is 7.08. The molecule has 1 rings (SSSR count). The fourth-order valence-electron chi connectivity index (χ4n) is 1.55. The van der Waals surface area contributed by atoms with Crippen LogP contribution in [0.2, 0.25) is 0 Å². The van der Waals surface area contributed by atoms with Crippen LogP contribution in [0.1, 0.15) is 20.8 Å². The van der Waals surface area contributed by atoms with Gasteiger partial charge in [-0.15, -0.1) is 0 Å². The molecule has 112 valence electrons. The largest absolute Gasteiger partial charge is 0.462 e. The number of anilines is 1. The minimum absolute atomic E-state index is 0.0888. The molecule has 20 heavy (non-hydrogen) atoms. The number of carbonyl (C=O) groups is 1. The Hall–Kier alpha value is -1.08. The van der Waals surface area contributed by atoms with E-state index in [-0.39, 0.29) is 18.4 Å². The van der Waals surface area contributed by atoms with Gasteiger partial charge in [0.15, 0.2) is 0 Å². The van der Waals surface area contributed by atoms with E-state index in [1.165, 1.54) is 6.92 Å². The molecule has 0 saturated heterocycles. The van der Waals surface area contributed by atoms with Crippen molar-refractivity contribution in [1.29, 1.82) is 0 Å². The van der Waals surface area contributed by atoms with Gasteiger partial charge in [0.05, 0.1) is 17.5 Å². The first-order chi connectivity index (χ1) is 9.26. The van der Waals surface area contributed by atoms with Gasteiger partial charge in [-0.3, -0.25) is 9.10 Å². The third-order valence-corrected chi connectivity index (χ3v) is 4.67. The van der Waals surface area contributed by atoms with Crippen LogP contribution in [-0.4, -0.2) is 32.8 Å². The number of sulfonamides is 1. The van der Waals surface area contributed by atoms with Gasteiger partial charge in [-0.2, -0.15) is 0 Å². The van der Waals surface area contributed by atoms with Crippen LogP contribution in [0.25, 0.3) is 0 Å². The van der Waals surface area contributed by atoms with E-state index in [1.807, 2.05) is 0 Å². The molecule has 0 N–H and O–H groups in total. The van der Waals surface area contributed by atoms with Crippen molar-refractivity contribution in [2.24, 2.45) is 0 Å². The van der Waals surface area contributed by atoms with E-state index in [2.05, 4.69) is 15.9 Å². The summed E-state index contributed by atoms with van der Waals surface area (Å²) in [6, 6.07) is 6.79. The Labute approximate surface area is 128 Å². The van der Waals surface area contributed by atoms with Crippen LogP contribution in [-0.2, 0) is 19.6 Å². The van der Waals surface area contributed by atoms with Gasteiger partial charge in [-0.1, -0.05) is 22.0 Å². The minimum atomic E-state index is -3.55. The van der Waals surface area contributed by atoms with Crippen molar-refractivity contribution in [1.82, 2.24) is 0 Å². The maximum absolute atomic E-state index is 12.1. The van der Waals surface area contributed by atoms with Crippen molar-refractivity contribution >= 4 is 37.6 Å². The molecule has 5 nitrogen and oxygen atoms in total. The van der Waals surface area contributed by atoms with Gasteiger partial charge >= 0.3 is 5.97 Å². The highest BCUT2D eigenvalue weighted by molar-refractivity contribution is 9.10. The summed E-state index contributed by atoms with van der Waals surface area (Å²) in [5, 5.41) is 0. The molecule has 0 aromatic heterocycles. The summed E-state index contributed by atoms with van der Waals surface area (Å²) in [6.45, 7) is 4.64. The molecule has 0 atom stereocenters. The van der Waals surface area contributed by atoms with Crippen molar-refractivity contribution in [3.05, 3.63) is 28.7 Å². The minimum Gasteiger partial charge on any atom is -0.462 e. The van der Waals surface area contributed by atoms with E-state index >= 15 is 0 Å². The van der Waals surface area contributed by atoms with Gasteiger partial charge in [0.2, 0.25) is 10.0 Å². The highest BCUT2D eigenvalue weighted by Crippen LogP contribution is 2.22. The Morgan fingerprint density at radius 3 is 2.55 bits per heavy atom. The van der Waals surface area contributed by atoms with Crippen LogP contribution in [0, 0.1) is 0 Å². The summed E-state index contributed by atoms with van der Waals surface area (Å²) in [6.07, 6.45) is -0.281. The summed E-state index contributed by atoms with van der Waals surface area (Å²) < 4.78 is 31.1. The molecule has 0 spiro atoms. The number of hydrogen-bond donors (Lipinski definition) is 0. The van der Waals surface area contributed by atoms with Crippen LogP contribution in [0.15, 0.2) is 28.7 Å². The van der Waals surface area contributed by atoms with Crippen LogP contribution in [0.4, 0.5) is 5.69 Å². The smallest absolute Gasteiger partial charge is 0.327 e. The highest BCUT2D eigenvalue weighted by atomic mass is 79.9. The topological polar surface area (TPSA) is 63.7 Å². The maximum atomic E-state index is 12.1. The number of esters is 1. The Kier molecular flexibility index (Phi) is 6.01. The van der Waals surface area contributed by atoms with E-state index in [0.717, 1.165) is 8.78 Å². The first-order valence-electron chi connectivity index (χ1n) is 6.21. The maximum Gasteiger partial charge on any atom is 0.327 e. The second-order valence-electron chi connectivity index (χ2n) is 4.43. The van der Waals surface area contributed by atoms with Crippen LogP contribution < -0.4 is 4.31 Å². The number of halogens is 1. The van der Waals surface area contributed by atoms with Crippen LogP contribution in [0.5, 0.6) is 0 Å². The second-order valence-corrected chi connectivity index (χ2v) is 7.52. The summed E-state index contributed by atoms with van der Waals surface area (Å²) in [7, 11) is -3.55. The lowest BCUT2D eigenvalue weighted by molar-refractivity contribution is -0.145. The molecule has 0 aliphatic carbocycles. The zero-order chi connectivity index (χ0) is 15.3. The van der Waals surface area contributed by atoms with Crippen molar-refractivity contribution < 1.29 is 17.9 Å². The van der Waals surface area contributed by atoms with Crippen molar-refractivity contribution in [3.63, 3.8) is 0 Å². The quantitative estimate of drug-likeness (QED) is 0.728. The lowest BCUT2D eigenvalue weighted by Gasteiger charge is -2.23. The average molecular weight is 364 g/mol. The average Bonchev–Trinajstić information content (AvgIpc) is 2.35. The number of nitrogens with zero attached hydrogens (tertiary/aromatic N) is 1. The van der Waals surface area contributed by atoms with Gasteiger partial charge in [0, 0.05) is 4.47 Å². The molecule has 0 unspecified atom stereocenters. The number of carbonyl (C=O) groups excluding carboxylic acids is 1. The molecule has 1 aromatic carbocycles. The van der Waals surface area contributed by atoms with E-state index in [1.54, 1.807) is 38.1 Å². The third kappa shape index (κ3) is 4.79. The molecule has 0 aliphatic heterocycles. The third-order valence-electron chi connectivity index (χ3n) is 2.44. The fourth-order valence-corrected chi connectivity index (χ4v) is 2.99. The first kappa shape index (κ1) is 17.0. The van der Waals surface area contributed by atoms with E-state index in [0.29, 0.717) is 5.69 Å². The molecule has 0 radical (unpaired) electrons. The molecule has 0 saturated carbocycles. The summed E-state index contributed by atoms with van der Waals surface area (Å²) in [5.74, 6) is -0.661. The van der Waals surface area contributed by atoms with Crippen LogP contribution in [0.3, 0.4) is 0 Å². The normalized spacial score (nSPS) is 11.4. The predicted octanol–water partition coefficient (Wildman–Crippen LogP) is 2.56. The van der Waals surface area contributed by atoms with Crippen molar-refractivity contribution in [2.45, 2.75) is 26.9 Å². The molecule has 0 heterocycles. The summed E-state index contributed by atoms with van der Waals surface area (Å²) in [5.41, 5.74) is 0.432. The Morgan fingerprint density at radius 2 is 2.05 bits per heavy atom. The SMILES string of the molecule is CCS(=O)(=O)N(CC(=O)OC(C)C)c1cccc(Br)c1. The lowest BCUT2D eigenvalue weighted by Crippen LogP contribution is -2.38. The number of ether oxygens (including phenoxy) is 1. The standard InChI is InChI=1S/C13H18BrNO4S/c1-4-20(17,18)15(9-13(16)19-10(2)3)12-7-5-6-11(14)8-12/h5-8,10H,4,9H2,1-3H3. The molecule has 0 fully saturated rings. The van der Waals surface area contributed by atoms with Crippen LogP contribution >= 0.6 is 15.9 Å². The first-order valence-corrected chi connectivity index (χ1v) is 8.62. The molecule has 7 heteroatoms. The van der Waals surface area contributed by atoms with Gasteiger partial charge < -0.3 is 4.74 Å². The van der Waals surface area contributed by atoms with Crippen molar-refractivity contribution in [3.8, 4) is 0 Å². The van der Waals surface area contributed by atoms with Gasteiger partial charge in [-0.25, -0.2) is 8.42 Å². The number of hydrogen-bond acceptors (Lipinski definition) is 4. The zero-order valence-electron chi connectivity index (χ0n) is 11.7. The van der Waals surface area contributed by atoms with Crippen molar-refractivity contribution in [2.75, 3.05) is 16.6 Å². The Bertz CT molecular complexity index is 571. The molecule has 0 aliphatic rings. The Morgan fingerprint density at radius 1 is 1.40 bits per heavy atom.